The summed E-state index contributed by atoms with van der Waals surface area (Å²) in [6, 6.07) is 30.9. The van der Waals surface area contributed by atoms with Gasteiger partial charge in [-0.3, -0.25) is 14.4 Å². The zero-order chi connectivity index (χ0) is 31.6. The van der Waals surface area contributed by atoms with E-state index in [1.807, 2.05) is 86.6 Å². The lowest BCUT2D eigenvalue weighted by Crippen LogP contribution is -2.33. The van der Waals surface area contributed by atoms with E-state index in [9.17, 15) is 14.4 Å². The number of nitrogens with one attached hydrogen (secondary N) is 3. The van der Waals surface area contributed by atoms with Crippen molar-refractivity contribution in [3.63, 3.8) is 0 Å². The summed E-state index contributed by atoms with van der Waals surface area (Å²) in [6.45, 7) is 4.59. The molecule has 0 bridgehead atoms. The van der Waals surface area contributed by atoms with Gasteiger partial charge in [0.15, 0.2) is 0 Å². The Morgan fingerprint density at radius 2 is 1.62 bits per heavy atom. The highest BCUT2D eigenvalue weighted by atomic mass is 16.5. The molecule has 0 spiro atoms. The highest BCUT2D eigenvalue weighted by Crippen LogP contribution is 2.25. The Balaban J connectivity index is 1.29. The highest BCUT2D eigenvalue weighted by Gasteiger charge is 2.18. The molecular weight excluding hydrogens is 568 g/mol. The number of ether oxygens (including phenoxy) is 1. The summed E-state index contributed by atoms with van der Waals surface area (Å²) in [4.78, 5) is 38.4. The van der Waals surface area contributed by atoms with Crippen LogP contribution in [-0.4, -0.2) is 40.3 Å². The summed E-state index contributed by atoms with van der Waals surface area (Å²) in [6.07, 6.45) is 4.12. The number of rotatable bonds is 10. The minimum Gasteiger partial charge on any atom is -0.494 e. The van der Waals surface area contributed by atoms with Gasteiger partial charge >= 0.3 is 11.8 Å². The largest absolute Gasteiger partial charge is 0.494 e. The van der Waals surface area contributed by atoms with Crippen molar-refractivity contribution in [2.45, 2.75) is 20.3 Å². The monoisotopic (exact) mass is 600 g/mol. The van der Waals surface area contributed by atoms with E-state index in [4.69, 9.17) is 9.84 Å². The quantitative estimate of drug-likeness (QED) is 0.103. The topological polar surface area (TPSA) is 127 Å². The molecule has 0 fully saturated rings. The first-order chi connectivity index (χ1) is 21.9. The van der Waals surface area contributed by atoms with Crippen molar-refractivity contribution in [1.82, 2.24) is 15.2 Å². The number of hydrazone groups is 1. The average Bonchev–Trinajstić information content (AvgIpc) is 3.48. The highest BCUT2D eigenvalue weighted by molar-refractivity contribution is 6.40. The van der Waals surface area contributed by atoms with Gasteiger partial charge in [0.25, 0.3) is 5.91 Å². The molecule has 0 unspecified atom stereocenters. The molecule has 0 saturated heterocycles. The lowest BCUT2D eigenvalue weighted by atomic mass is 10.1. The van der Waals surface area contributed by atoms with Crippen LogP contribution in [0.25, 0.3) is 16.9 Å². The van der Waals surface area contributed by atoms with Crippen LogP contribution in [0, 0.1) is 6.92 Å². The van der Waals surface area contributed by atoms with E-state index in [0.29, 0.717) is 23.6 Å². The van der Waals surface area contributed by atoms with E-state index < -0.39 is 17.7 Å². The fourth-order valence-electron chi connectivity index (χ4n) is 4.45. The Morgan fingerprint density at radius 3 is 2.38 bits per heavy atom. The van der Waals surface area contributed by atoms with E-state index in [1.165, 1.54) is 6.21 Å². The number of aromatic nitrogens is 2. The molecule has 1 aromatic heterocycles. The predicted molar refractivity (Wildman–Crippen MR) is 175 cm³/mol. The molecule has 0 atom stereocenters. The summed E-state index contributed by atoms with van der Waals surface area (Å²) in [5, 5.41) is 14.1. The molecule has 3 amide bonds. The molecule has 45 heavy (non-hydrogen) atoms. The van der Waals surface area contributed by atoms with Gasteiger partial charge in [-0.05, 0) is 79.6 Å². The van der Waals surface area contributed by atoms with Crippen molar-refractivity contribution in [3.8, 4) is 22.7 Å². The van der Waals surface area contributed by atoms with Crippen LogP contribution in [0.15, 0.2) is 114 Å². The van der Waals surface area contributed by atoms with Crippen molar-refractivity contribution >= 4 is 35.3 Å². The van der Waals surface area contributed by atoms with E-state index in [0.717, 1.165) is 29.0 Å². The summed E-state index contributed by atoms with van der Waals surface area (Å²) in [5.41, 5.74) is 7.15. The summed E-state index contributed by atoms with van der Waals surface area (Å²) < 4.78 is 7.41. The predicted octanol–water partition coefficient (Wildman–Crippen LogP) is 5.98. The van der Waals surface area contributed by atoms with Crippen molar-refractivity contribution in [1.29, 1.82) is 0 Å². The summed E-state index contributed by atoms with van der Waals surface area (Å²) in [5.74, 6) is -1.66. The van der Waals surface area contributed by atoms with Crippen LogP contribution >= 0.6 is 0 Å². The van der Waals surface area contributed by atoms with Crippen molar-refractivity contribution < 1.29 is 19.1 Å². The maximum absolute atomic E-state index is 12.9. The summed E-state index contributed by atoms with van der Waals surface area (Å²) in [7, 11) is 0. The number of anilines is 2. The minimum absolute atomic E-state index is 0.185. The number of hydrogen-bond donors (Lipinski definition) is 3. The Hall–Kier alpha value is -6.03. The van der Waals surface area contributed by atoms with E-state index in [-0.39, 0.29) is 11.3 Å². The second-order valence-corrected chi connectivity index (χ2v) is 10.1. The number of hydrogen-bond acceptors (Lipinski definition) is 6. The molecule has 10 heteroatoms. The van der Waals surface area contributed by atoms with E-state index >= 15 is 0 Å². The fourth-order valence-corrected chi connectivity index (χ4v) is 4.45. The first-order valence-electron chi connectivity index (χ1n) is 14.4. The van der Waals surface area contributed by atoms with Crippen LogP contribution in [0.4, 0.5) is 11.4 Å². The summed E-state index contributed by atoms with van der Waals surface area (Å²) >= 11 is 0. The first kappa shape index (κ1) is 30.4. The maximum Gasteiger partial charge on any atom is 0.329 e. The third kappa shape index (κ3) is 7.88. The molecule has 0 aliphatic rings. The zero-order valence-electron chi connectivity index (χ0n) is 24.9. The van der Waals surface area contributed by atoms with Gasteiger partial charge in [-0.2, -0.15) is 10.2 Å². The minimum atomic E-state index is -1.01. The van der Waals surface area contributed by atoms with Crippen LogP contribution in [0.3, 0.4) is 0 Å². The molecule has 10 nitrogen and oxygen atoms in total. The SMILES string of the molecule is CCCOc1ccc(-c2nn(-c3ccccc3)cc2/C=N/NC(=O)C(=O)Nc2ccccc2C(=O)Nc2cccc(C)c2)cc1. The van der Waals surface area contributed by atoms with Gasteiger partial charge in [0, 0.05) is 23.0 Å². The van der Waals surface area contributed by atoms with Crippen LogP contribution < -0.4 is 20.8 Å². The number of carbonyl (C=O) groups is 3. The van der Waals surface area contributed by atoms with Gasteiger partial charge < -0.3 is 15.4 Å². The normalized spacial score (nSPS) is 10.8. The Bertz CT molecular complexity index is 1830. The van der Waals surface area contributed by atoms with Gasteiger partial charge in [0.05, 0.1) is 29.8 Å². The molecule has 4 aromatic carbocycles. The Morgan fingerprint density at radius 1 is 0.867 bits per heavy atom. The molecule has 3 N–H and O–H groups in total. The van der Waals surface area contributed by atoms with Crippen molar-refractivity contribution in [3.05, 3.63) is 126 Å². The van der Waals surface area contributed by atoms with Crippen molar-refractivity contribution in [2.24, 2.45) is 5.10 Å². The van der Waals surface area contributed by atoms with Crippen LogP contribution in [-0.2, 0) is 9.59 Å². The molecule has 5 rings (SSSR count). The molecular formula is C35H32N6O4. The number of carbonyl (C=O) groups excluding carboxylic acids is 3. The lowest BCUT2D eigenvalue weighted by molar-refractivity contribution is -0.136. The van der Waals surface area contributed by atoms with E-state index in [2.05, 4.69) is 21.2 Å². The molecule has 0 aliphatic heterocycles. The number of amides is 3. The number of aryl methyl sites for hydroxylation is 1. The Labute approximate surface area is 260 Å². The van der Waals surface area contributed by atoms with E-state index in [1.54, 1.807) is 41.2 Å². The third-order valence-electron chi connectivity index (χ3n) is 6.64. The fraction of sp³-hybridized carbons (Fsp3) is 0.114. The second kappa shape index (κ2) is 14.4. The number of nitrogens with zero attached hydrogens (tertiary/aromatic N) is 3. The molecule has 0 saturated carbocycles. The maximum atomic E-state index is 12.9. The molecule has 226 valence electrons. The van der Waals surface area contributed by atoms with Crippen LogP contribution in [0.5, 0.6) is 5.75 Å². The van der Waals surface area contributed by atoms with Crippen LogP contribution in [0.2, 0.25) is 0 Å². The lowest BCUT2D eigenvalue weighted by Gasteiger charge is -2.11. The molecule has 0 aliphatic carbocycles. The first-order valence-corrected chi connectivity index (χ1v) is 14.4. The number of para-hydroxylation sites is 2. The van der Waals surface area contributed by atoms with Gasteiger partial charge in [-0.15, -0.1) is 0 Å². The van der Waals surface area contributed by atoms with Gasteiger partial charge in [0.1, 0.15) is 11.4 Å². The van der Waals surface area contributed by atoms with Gasteiger partial charge in [-0.1, -0.05) is 49.4 Å². The smallest absolute Gasteiger partial charge is 0.329 e. The second-order valence-electron chi connectivity index (χ2n) is 10.1. The number of benzene rings is 4. The Kier molecular flexibility index (Phi) is 9.76. The molecule has 1 heterocycles. The standard InChI is InChI=1S/C35H32N6O4/c1-3-20-45-29-18-16-25(17-19-29)32-26(23-41(40-32)28-12-5-4-6-13-28)22-36-39-35(44)34(43)38-31-15-8-7-14-30(31)33(42)37-27-11-9-10-24(2)21-27/h4-19,21-23H,3,20H2,1-2H3,(H,37,42)(H,38,43)(H,39,44)/b36-22+. The third-order valence-corrected chi connectivity index (χ3v) is 6.64. The van der Waals surface area contributed by atoms with Crippen molar-refractivity contribution in [2.75, 3.05) is 17.2 Å². The molecule has 0 radical (unpaired) electrons. The van der Waals surface area contributed by atoms with Crippen LogP contribution in [0.1, 0.15) is 34.8 Å². The van der Waals surface area contributed by atoms with Gasteiger partial charge in [0.2, 0.25) is 0 Å². The van der Waals surface area contributed by atoms with Gasteiger partial charge in [-0.25, -0.2) is 10.1 Å². The zero-order valence-corrected chi connectivity index (χ0v) is 24.9. The molecule has 5 aromatic rings. The average molecular weight is 601 g/mol.